The molecule has 1 aliphatic rings. The third-order valence-electron chi connectivity index (χ3n) is 3.12. The molecule has 3 rings (SSSR count). The Morgan fingerprint density at radius 2 is 1.62 bits per heavy atom. The second-order valence-electron chi connectivity index (χ2n) is 4.52. The summed E-state index contributed by atoms with van der Waals surface area (Å²) in [5, 5.41) is 2.32. The lowest BCUT2D eigenvalue weighted by Gasteiger charge is -2.10. The van der Waals surface area contributed by atoms with Crippen LogP contribution in [0.5, 0.6) is 0 Å². The zero-order valence-electron chi connectivity index (χ0n) is 8.90. The maximum atomic E-state index is 5.92. The molecule has 0 radical (unpaired) electrons. The van der Waals surface area contributed by atoms with Crippen LogP contribution in [0, 0.1) is 0 Å². The summed E-state index contributed by atoms with van der Waals surface area (Å²) in [6.45, 7) is 0. The van der Waals surface area contributed by atoms with Crippen LogP contribution < -0.4 is 11.5 Å². The van der Waals surface area contributed by atoms with Crippen molar-refractivity contribution in [2.75, 3.05) is 11.5 Å². The van der Waals surface area contributed by atoms with Crippen molar-refractivity contribution in [3.05, 3.63) is 29.8 Å². The molecule has 3 heteroatoms. The van der Waals surface area contributed by atoms with Gasteiger partial charge in [-0.25, -0.2) is 0 Å². The number of nitrogen functional groups attached to an aromatic ring is 2. The molecule has 2 aromatic rings. The summed E-state index contributed by atoms with van der Waals surface area (Å²) in [5.74, 6) is 0.667. The average molecular weight is 230 g/mol. The first-order valence-electron chi connectivity index (χ1n) is 5.47. The quantitative estimate of drug-likeness (QED) is 0.520. The van der Waals surface area contributed by atoms with E-state index >= 15 is 0 Å². The van der Waals surface area contributed by atoms with Crippen molar-refractivity contribution < 1.29 is 0 Å². The Kier molecular flexibility index (Phi) is 2.04. The van der Waals surface area contributed by atoms with Gasteiger partial charge in [0.15, 0.2) is 0 Å². The first-order valence-corrected chi connectivity index (χ1v) is 5.91. The van der Waals surface area contributed by atoms with Gasteiger partial charge < -0.3 is 11.5 Å². The molecule has 1 saturated carbocycles. The second kappa shape index (κ2) is 3.32. The van der Waals surface area contributed by atoms with Gasteiger partial charge in [-0.1, -0.05) is 0 Å². The highest BCUT2D eigenvalue weighted by molar-refractivity contribution is 7.80. The van der Waals surface area contributed by atoms with E-state index in [9.17, 15) is 0 Å². The molecule has 82 valence electrons. The van der Waals surface area contributed by atoms with Crippen molar-refractivity contribution in [2.45, 2.75) is 23.7 Å². The fraction of sp³-hybridized carbons (Fsp3) is 0.231. The van der Waals surface area contributed by atoms with Gasteiger partial charge in [0.2, 0.25) is 0 Å². The molecule has 1 aliphatic carbocycles. The Morgan fingerprint density at radius 1 is 1.00 bits per heavy atom. The minimum atomic E-state index is 0.667. The monoisotopic (exact) mass is 230 g/mol. The van der Waals surface area contributed by atoms with E-state index < -0.39 is 0 Å². The fourth-order valence-corrected chi connectivity index (χ4v) is 2.70. The molecule has 2 nitrogen and oxygen atoms in total. The van der Waals surface area contributed by atoms with Crippen LogP contribution in [0.3, 0.4) is 0 Å². The van der Waals surface area contributed by atoms with E-state index in [1.54, 1.807) is 0 Å². The van der Waals surface area contributed by atoms with Gasteiger partial charge >= 0.3 is 0 Å². The van der Waals surface area contributed by atoms with Gasteiger partial charge in [0, 0.05) is 16.3 Å². The SMILES string of the molecule is Nc1cc(S)c2c(C3CC3)cc(N)cc2c1. The number of fused-ring (bicyclic) bond motifs is 1. The number of hydrogen-bond acceptors (Lipinski definition) is 3. The van der Waals surface area contributed by atoms with Crippen molar-refractivity contribution in [3.63, 3.8) is 0 Å². The third kappa shape index (κ3) is 1.52. The number of rotatable bonds is 1. The molecular formula is C13H14N2S. The number of thiol groups is 1. The molecule has 1 fully saturated rings. The third-order valence-corrected chi connectivity index (χ3v) is 3.47. The summed E-state index contributed by atoms with van der Waals surface area (Å²) >= 11 is 4.53. The molecule has 0 spiro atoms. The molecule has 0 unspecified atom stereocenters. The predicted molar refractivity (Wildman–Crippen MR) is 72.0 cm³/mol. The summed E-state index contributed by atoms with van der Waals surface area (Å²) in [5.41, 5.74) is 14.6. The number of benzene rings is 2. The standard InChI is InChI=1S/C13H14N2S/c14-9-3-8-4-10(15)6-12(16)13(8)11(5-9)7-1-2-7/h3-7,16H,1-2,14-15H2. The van der Waals surface area contributed by atoms with E-state index in [0.29, 0.717) is 5.92 Å². The maximum absolute atomic E-state index is 5.92. The van der Waals surface area contributed by atoms with Crippen LogP contribution in [0.25, 0.3) is 10.8 Å². The van der Waals surface area contributed by atoms with Crippen molar-refractivity contribution in [1.82, 2.24) is 0 Å². The highest BCUT2D eigenvalue weighted by atomic mass is 32.1. The normalized spacial score (nSPS) is 15.6. The van der Waals surface area contributed by atoms with Gasteiger partial charge in [0.05, 0.1) is 0 Å². The van der Waals surface area contributed by atoms with Crippen LogP contribution in [-0.2, 0) is 0 Å². The van der Waals surface area contributed by atoms with Crippen LogP contribution in [0.2, 0.25) is 0 Å². The maximum Gasteiger partial charge on any atom is 0.0331 e. The Morgan fingerprint density at radius 3 is 2.25 bits per heavy atom. The lowest BCUT2D eigenvalue weighted by Crippen LogP contribution is -1.93. The topological polar surface area (TPSA) is 52.0 Å². The average Bonchev–Trinajstić information content (AvgIpc) is 2.97. The van der Waals surface area contributed by atoms with Crippen molar-refractivity contribution >= 4 is 34.8 Å². The summed E-state index contributed by atoms with van der Waals surface area (Å²) in [6, 6.07) is 7.93. The first kappa shape index (κ1) is 9.85. The molecule has 0 bridgehead atoms. The molecule has 0 amide bonds. The summed E-state index contributed by atoms with van der Waals surface area (Å²) in [6.07, 6.45) is 2.52. The highest BCUT2D eigenvalue weighted by Gasteiger charge is 2.26. The van der Waals surface area contributed by atoms with E-state index in [2.05, 4.69) is 18.7 Å². The number of hydrogen-bond donors (Lipinski definition) is 3. The van der Waals surface area contributed by atoms with E-state index in [1.807, 2.05) is 18.2 Å². The molecule has 0 aliphatic heterocycles. The van der Waals surface area contributed by atoms with Crippen molar-refractivity contribution in [3.8, 4) is 0 Å². The number of anilines is 2. The minimum absolute atomic E-state index is 0.667. The Hall–Kier alpha value is -1.35. The van der Waals surface area contributed by atoms with Gasteiger partial charge in [-0.2, -0.15) is 0 Å². The predicted octanol–water partition coefficient (Wildman–Crippen LogP) is 3.17. The van der Waals surface area contributed by atoms with Gasteiger partial charge in [-0.3, -0.25) is 0 Å². The van der Waals surface area contributed by atoms with Crippen LogP contribution in [0.15, 0.2) is 29.2 Å². The zero-order chi connectivity index (χ0) is 11.3. The molecule has 0 heterocycles. The molecule has 2 aromatic carbocycles. The smallest absolute Gasteiger partial charge is 0.0331 e. The van der Waals surface area contributed by atoms with E-state index in [-0.39, 0.29) is 0 Å². The largest absolute Gasteiger partial charge is 0.399 e. The molecular weight excluding hydrogens is 216 g/mol. The van der Waals surface area contributed by atoms with E-state index in [1.165, 1.54) is 23.8 Å². The molecule has 0 aromatic heterocycles. The second-order valence-corrected chi connectivity index (χ2v) is 5.00. The zero-order valence-corrected chi connectivity index (χ0v) is 9.80. The van der Waals surface area contributed by atoms with Crippen LogP contribution in [-0.4, -0.2) is 0 Å². The fourth-order valence-electron chi connectivity index (χ4n) is 2.29. The van der Waals surface area contributed by atoms with E-state index in [0.717, 1.165) is 21.7 Å². The Balaban J connectivity index is 2.39. The Bertz CT molecular complexity index is 568. The van der Waals surface area contributed by atoms with Crippen LogP contribution in [0.1, 0.15) is 24.3 Å². The summed E-state index contributed by atoms with van der Waals surface area (Å²) < 4.78 is 0. The van der Waals surface area contributed by atoms with Gasteiger partial charge in [0.25, 0.3) is 0 Å². The van der Waals surface area contributed by atoms with Gasteiger partial charge in [0.1, 0.15) is 0 Å². The molecule has 4 N–H and O–H groups in total. The Labute approximate surface area is 100 Å². The van der Waals surface area contributed by atoms with Crippen molar-refractivity contribution in [1.29, 1.82) is 0 Å². The van der Waals surface area contributed by atoms with Crippen molar-refractivity contribution in [2.24, 2.45) is 0 Å². The van der Waals surface area contributed by atoms with Crippen LogP contribution in [0.4, 0.5) is 11.4 Å². The van der Waals surface area contributed by atoms with E-state index in [4.69, 9.17) is 11.5 Å². The summed E-state index contributed by atoms with van der Waals surface area (Å²) in [7, 11) is 0. The van der Waals surface area contributed by atoms with Gasteiger partial charge in [-0.05, 0) is 59.4 Å². The van der Waals surface area contributed by atoms with Crippen LogP contribution >= 0.6 is 12.6 Å². The molecule has 16 heavy (non-hydrogen) atoms. The lowest BCUT2D eigenvalue weighted by molar-refractivity contribution is 1.15. The highest BCUT2D eigenvalue weighted by Crippen LogP contribution is 2.45. The number of nitrogens with two attached hydrogens (primary N) is 2. The molecule has 0 saturated heterocycles. The minimum Gasteiger partial charge on any atom is -0.399 e. The lowest BCUT2D eigenvalue weighted by atomic mass is 9.99. The van der Waals surface area contributed by atoms with Gasteiger partial charge in [-0.15, -0.1) is 12.6 Å². The summed E-state index contributed by atoms with van der Waals surface area (Å²) in [4.78, 5) is 0.955. The molecule has 0 atom stereocenters. The first-order chi connectivity index (χ1) is 7.65.